The molecule has 0 saturated heterocycles. The van der Waals surface area contributed by atoms with E-state index in [-0.39, 0.29) is 5.75 Å². The summed E-state index contributed by atoms with van der Waals surface area (Å²) in [5.41, 5.74) is 0. The van der Waals surface area contributed by atoms with Crippen LogP contribution in [0.4, 0.5) is 4.39 Å². The van der Waals surface area contributed by atoms with Gasteiger partial charge in [0.05, 0.1) is 3.57 Å². The summed E-state index contributed by atoms with van der Waals surface area (Å²) in [5.74, 6) is -2.96. The fraction of sp³-hybridized carbons (Fsp3) is 0.125. The Bertz CT molecular complexity index is 367. The number of hydrogen-bond donors (Lipinski definition) is 2. The van der Waals surface area contributed by atoms with Gasteiger partial charge in [-0.3, -0.25) is 0 Å². The van der Waals surface area contributed by atoms with E-state index >= 15 is 0 Å². The molecule has 0 radical (unpaired) electrons. The maximum atomic E-state index is 13.1. The van der Waals surface area contributed by atoms with Crippen molar-refractivity contribution in [2.45, 2.75) is 0 Å². The van der Waals surface area contributed by atoms with E-state index in [1.807, 2.05) is 0 Å². The van der Waals surface area contributed by atoms with E-state index in [4.69, 9.17) is 10.2 Å². The van der Waals surface area contributed by atoms with Crippen molar-refractivity contribution in [2.75, 3.05) is 6.61 Å². The number of aliphatic carboxylic acids is 1. The van der Waals surface area contributed by atoms with Gasteiger partial charge in [-0.2, -0.15) is 4.39 Å². The Hall–Kier alpha value is -1.05. The molecule has 6 heteroatoms. The number of ether oxygens (including phenoxy) is 1. The normalized spacial score (nSPS) is 9.86. The zero-order valence-corrected chi connectivity index (χ0v) is 8.99. The van der Waals surface area contributed by atoms with Gasteiger partial charge in [-0.15, -0.1) is 0 Å². The molecule has 0 spiro atoms. The van der Waals surface area contributed by atoms with Crippen LogP contribution in [0.2, 0.25) is 0 Å². The Morgan fingerprint density at radius 1 is 1.57 bits per heavy atom. The summed E-state index contributed by atoms with van der Waals surface area (Å²) in [7, 11) is 0. The second-order valence-electron chi connectivity index (χ2n) is 2.39. The predicted octanol–water partition coefficient (Wildman–Crippen LogP) is 1.60. The number of carbonyl (C=O) groups is 1. The molecule has 0 aliphatic carbocycles. The summed E-state index contributed by atoms with van der Waals surface area (Å²) >= 11 is 1.75. The first-order chi connectivity index (χ1) is 6.52. The van der Waals surface area contributed by atoms with Crippen LogP contribution in [0.5, 0.6) is 11.5 Å². The number of benzene rings is 1. The van der Waals surface area contributed by atoms with Crippen molar-refractivity contribution < 1.29 is 24.1 Å². The molecule has 0 aromatic heterocycles. The van der Waals surface area contributed by atoms with Crippen LogP contribution >= 0.6 is 22.6 Å². The van der Waals surface area contributed by atoms with Gasteiger partial charge in [0.25, 0.3) is 0 Å². The number of carboxylic acid groups (broad SMARTS) is 1. The van der Waals surface area contributed by atoms with Gasteiger partial charge in [0.15, 0.2) is 18.1 Å². The Balaban J connectivity index is 2.88. The molecule has 4 nitrogen and oxygen atoms in total. The van der Waals surface area contributed by atoms with Gasteiger partial charge >= 0.3 is 5.97 Å². The van der Waals surface area contributed by atoms with Crippen LogP contribution in [0.25, 0.3) is 0 Å². The third-order valence-electron chi connectivity index (χ3n) is 1.38. The van der Waals surface area contributed by atoms with Crippen molar-refractivity contribution >= 4 is 28.6 Å². The molecule has 2 N–H and O–H groups in total. The Morgan fingerprint density at radius 2 is 2.21 bits per heavy atom. The molecular formula is C8H6FIO4. The number of aromatic hydroxyl groups is 1. The van der Waals surface area contributed by atoms with E-state index in [0.717, 1.165) is 0 Å². The van der Waals surface area contributed by atoms with Gasteiger partial charge in [0, 0.05) is 0 Å². The number of carboxylic acids is 1. The van der Waals surface area contributed by atoms with Crippen molar-refractivity contribution in [3.63, 3.8) is 0 Å². The molecule has 0 fully saturated rings. The summed E-state index contributed by atoms with van der Waals surface area (Å²) in [6.07, 6.45) is 0. The molecule has 0 atom stereocenters. The molecule has 0 saturated carbocycles. The fourth-order valence-corrected chi connectivity index (χ4v) is 1.19. The molecule has 76 valence electrons. The predicted molar refractivity (Wildman–Crippen MR) is 53.9 cm³/mol. The number of halogens is 2. The van der Waals surface area contributed by atoms with Gasteiger partial charge in [-0.05, 0) is 34.7 Å². The molecule has 0 bridgehead atoms. The van der Waals surface area contributed by atoms with Crippen molar-refractivity contribution in [1.82, 2.24) is 0 Å². The van der Waals surface area contributed by atoms with Crippen molar-refractivity contribution in [1.29, 1.82) is 0 Å². The summed E-state index contributed by atoms with van der Waals surface area (Å²) in [4.78, 5) is 10.1. The van der Waals surface area contributed by atoms with Crippen LogP contribution in [0.15, 0.2) is 12.1 Å². The lowest BCUT2D eigenvalue weighted by Crippen LogP contribution is -2.10. The van der Waals surface area contributed by atoms with Gasteiger partial charge in [0.2, 0.25) is 5.82 Å². The van der Waals surface area contributed by atoms with E-state index in [0.29, 0.717) is 3.57 Å². The molecule has 1 aromatic rings. The Labute approximate surface area is 92.5 Å². The smallest absolute Gasteiger partial charge is 0.341 e. The zero-order valence-electron chi connectivity index (χ0n) is 6.83. The minimum absolute atomic E-state index is 0.273. The molecule has 0 aliphatic heterocycles. The minimum Gasteiger partial charge on any atom is -0.504 e. The van der Waals surface area contributed by atoms with Crippen molar-refractivity contribution in [3.05, 3.63) is 21.5 Å². The van der Waals surface area contributed by atoms with Crippen LogP contribution in [-0.2, 0) is 4.79 Å². The number of phenolic OH excluding ortho intramolecular Hbond substituents is 1. The van der Waals surface area contributed by atoms with Crippen LogP contribution in [0, 0.1) is 9.39 Å². The first-order valence-electron chi connectivity index (χ1n) is 3.54. The quantitative estimate of drug-likeness (QED) is 0.832. The maximum Gasteiger partial charge on any atom is 0.341 e. The maximum absolute atomic E-state index is 13.1. The minimum atomic E-state index is -1.21. The third kappa shape index (κ3) is 2.47. The van der Waals surface area contributed by atoms with Crippen molar-refractivity contribution in [2.24, 2.45) is 0 Å². The van der Waals surface area contributed by atoms with E-state index in [9.17, 15) is 9.18 Å². The molecule has 0 unspecified atom stereocenters. The molecule has 0 heterocycles. The molecule has 0 amide bonds. The average Bonchev–Trinajstić information content (AvgIpc) is 2.13. The van der Waals surface area contributed by atoms with Gasteiger partial charge < -0.3 is 14.9 Å². The van der Waals surface area contributed by atoms with Gasteiger partial charge in [-0.1, -0.05) is 0 Å². The molecule has 0 aliphatic rings. The fourth-order valence-electron chi connectivity index (χ4n) is 0.773. The van der Waals surface area contributed by atoms with E-state index in [1.165, 1.54) is 12.1 Å². The standard InChI is InChI=1S/C8H6FIO4/c9-7-5(14-3-6(11)12)2-1-4(10)8(7)13/h1-2,13H,3H2,(H,11,12). The second-order valence-corrected chi connectivity index (χ2v) is 3.55. The monoisotopic (exact) mass is 312 g/mol. The summed E-state index contributed by atoms with van der Waals surface area (Å²) in [6, 6.07) is 2.69. The lowest BCUT2D eigenvalue weighted by atomic mass is 10.3. The molecule has 1 aromatic carbocycles. The lowest BCUT2D eigenvalue weighted by molar-refractivity contribution is -0.139. The highest BCUT2D eigenvalue weighted by Crippen LogP contribution is 2.30. The average molecular weight is 312 g/mol. The lowest BCUT2D eigenvalue weighted by Gasteiger charge is -2.06. The highest BCUT2D eigenvalue weighted by atomic mass is 127. The SMILES string of the molecule is O=C(O)COc1ccc(I)c(O)c1F. The number of rotatable bonds is 3. The Kier molecular flexibility index (Phi) is 3.50. The van der Waals surface area contributed by atoms with E-state index < -0.39 is 24.1 Å². The number of hydrogen-bond acceptors (Lipinski definition) is 3. The van der Waals surface area contributed by atoms with Crippen LogP contribution in [0.1, 0.15) is 0 Å². The zero-order chi connectivity index (χ0) is 10.7. The second kappa shape index (κ2) is 4.45. The van der Waals surface area contributed by atoms with E-state index in [2.05, 4.69) is 4.74 Å². The molecule has 14 heavy (non-hydrogen) atoms. The van der Waals surface area contributed by atoms with Crippen LogP contribution in [-0.4, -0.2) is 22.8 Å². The van der Waals surface area contributed by atoms with Gasteiger partial charge in [0.1, 0.15) is 0 Å². The van der Waals surface area contributed by atoms with E-state index in [1.54, 1.807) is 22.6 Å². The van der Waals surface area contributed by atoms with Crippen molar-refractivity contribution in [3.8, 4) is 11.5 Å². The third-order valence-corrected chi connectivity index (χ3v) is 2.25. The Morgan fingerprint density at radius 3 is 2.79 bits per heavy atom. The summed E-state index contributed by atoms with van der Waals surface area (Å²) < 4.78 is 18.1. The summed E-state index contributed by atoms with van der Waals surface area (Å²) in [6.45, 7) is -0.642. The molecule has 1 rings (SSSR count). The molecular weight excluding hydrogens is 306 g/mol. The number of phenols is 1. The van der Waals surface area contributed by atoms with Crippen LogP contribution in [0.3, 0.4) is 0 Å². The van der Waals surface area contributed by atoms with Gasteiger partial charge in [-0.25, -0.2) is 4.79 Å². The summed E-state index contributed by atoms with van der Waals surface area (Å²) in [5, 5.41) is 17.4. The largest absolute Gasteiger partial charge is 0.504 e. The first kappa shape index (κ1) is 11.0. The highest BCUT2D eigenvalue weighted by Gasteiger charge is 2.12. The van der Waals surface area contributed by atoms with Crippen LogP contribution < -0.4 is 4.74 Å². The highest BCUT2D eigenvalue weighted by molar-refractivity contribution is 14.1. The topological polar surface area (TPSA) is 66.8 Å². The first-order valence-corrected chi connectivity index (χ1v) is 4.62.